The summed E-state index contributed by atoms with van der Waals surface area (Å²) in [4.78, 5) is 6.06. The summed E-state index contributed by atoms with van der Waals surface area (Å²) in [5, 5.41) is 2.20. The number of rotatable bonds is 3. The van der Waals surface area contributed by atoms with Crippen LogP contribution in [0.2, 0.25) is 0 Å². The maximum absolute atomic E-state index is 6.06. The Bertz CT molecular complexity index is 611. The van der Waals surface area contributed by atoms with Crippen molar-refractivity contribution in [3.05, 3.63) is 65.7 Å². The van der Waals surface area contributed by atoms with Crippen molar-refractivity contribution in [2.45, 2.75) is 31.0 Å². The standard InChI is InChI=1S/C18H19NO2/c1-20-15-9-7-14(8-10-15)18-12-16-11-17(19(18)21-16)13-5-3-2-4-6-13/h2-10,16-18H,11-12H2,1H3/t16-,17+,18+/m1/s1. The number of piperidine rings is 1. The molecule has 4 atom stereocenters. The van der Waals surface area contributed by atoms with Gasteiger partial charge in [0, 0.05) is 0 Å². The first kappa shape index (κ1) is 12.9. The number of hydroxylamine groups is 2. The van der Waals surface area contributed by atoms with Crippen LogP contribution in [-0.2, 0) is 4.84 Å². The number of nitrogens with zero attached hydrogens (tertiary/aromatic N) is 1. The predicted molar refractivity (Wildman–Crippen MR) is 80.9 cm³/mol. The minimum Gasteiger partial charge on any atom is -0.497 e. The third-order valence-electron chi connectivity index (χ3n) is 4.54. The molecule has 0 aliphatic carbocycles. The largest absolute Gasteiger partial charge is 0.497 e. The highest BCUT2D eigenvalue weighted by molar-refractivity contribution is 5.31. The monoisotopic (exact) mass is 281 g/mol. The highest BCUT2D eigenvalue weighted by Crippen LogP contribution is 2.49. The van der Waals surface area contributed by atoms with Gasteiger partial charge >= 0.3 is 0 Å². The zero-order chi connectivity index (χ0) is 14.2. The van der Waals surface area contributed by atoms with E-state index in [2.05, 4.69) is 47.5 Å². The van der Waals surface area contributed by atoms with Gasteiger partial charge in [-0.2, -0.15) is 5.06 Å². The minimum absolute atomic E-state index is 0.347. The van der Waals surface area contributed by atoms with Crippen molar-refractivity contribution in [1.82, 2.24) is 5.06 Å². The van der Waals surface area contributed by atoms with Crippen molar-refractivity contribution in [3.8, 4) is 5.75 Å². The molecule has 2 heterocycles. The molecule has 0 spiro atoms. The number of hydrogen-bond acceptors (Lipinski definition) is 3. The summed E-state index contributed by atoms with van der Waals surface area (Å²) in [6, 6.07) is 19.7. The maximum atomic E-state index is 6.06. The molecule has 3 heteroatoms. The Labute approximate surface area is 125 Å². The van der Waals surface area contributed by atoms with Crippen molar-refractivity contribution in [3.63, 3.8) is 0 Å². The van der Waals surface area contributed by atoms with Crippen LogP contribution in [0.5, 0.6) is 5.75 Å². The average molecular weight is 281 g/mol. The molecule has 21 heavy (non-hydrogen) atoms. The fraction of sp³-hybridized carbons (Fsp3) is 0.333. The van der Waals surface area contributed by atoms with Gasteiger partial charge in [0.2, 0.25) is 0 Å². The fourth-order valence-corrected chi connectivity index (χ4v) is 3.49. The second-order valence-corrected chi connectivity index (χ2v) is 5.77. The van der Waals surface area contributed by atoms with Gasteiger partial charge in [0.25, 0.3) is 0 Å². The van der Waals surface area contributed by atoms with Crippen LogP contribution in [0.25, 0.3) is 0 Å². The third kappa shape index (κ3) is 2.23. The Kier molecular flexibility index (Phi) is 3.17. The van der Waals surface area contributed by atoms with Crippen LogP contribution in [0.1, 0.15) is 36.1 Å². The van der Waals surface area contributed by atoms with Gasteiger partial charge in [-0.15, -0.1) is 0 Å². The summed E-state index contributed by atoms with van der Waals surface area (Å²) in [7, 11) is 1.70. The molecule has 3 nitrogen and oxygen atoms in total. The van der Waals surface area contributed by atoms with Crippen LogP contribution in [-0.4, -0.2) is 18.3 Å². The van der Waals surface area contributed by atoms with Crippen LogP contribution in [0.15, 0.2) is 54.6 Å². The van der Waals surface area contributed by atoms with Crippen molar-refractivity contribution in [2.24, 2.45) is 0 Å². The van der Waals surface area contributed by atoms with Gasteiger partial charge < -0.3 is 4.74 Å². The lowest BCUT2D eigenvalue weighted by Gasteiger charge is -2.29. The smallest absolute Gasteiger partial charge is 0.118 e. The van der Waals surface area contributed by atoms with E-state index in [0.717, 1.165) is 18.6 Å². The summed E-state index contributed by atoms with van der Waals surface area (Å²) < 4.78 is 5.24. The molecule has 108 valence electrons. The second kappa shape index (κ2) is 5.17. The van der Waals surface area contributed by atoms with Gasteiger partial charge in [0.05, 0.1) is 25.3 Å². The van der Waals surface area contributed by atoms with Crippen molar-refractivity contribution in [1.29, 1.82) is 0 Å². The summed E-state index contributed by atoms with van der Waals surface area (Å²) in [5.41, 5.74) is 2.65. The van der Waals surface area contributed by atoms with Gasteiger partial charge in [0.1, 0.15) is 5.75 Å². The molecule has 2 aliphatic heterocycles. The molecule has 4 rings (SSSR count). The molecule has 1 unspecified atom stereocenters. The molecule has 2 bridgehead atoms. The van der Waals surface area contributed by atoms with E-state index in [9.17, 15) is 0 Å². The molecule has 0 N–H and O–H groups in total. The molecule has 0 radical (unpaired) electrons. The molecule has 2 aromatic rings. The van der Waals surface area contributed by atoms with Crippen LogP contribution in [0, 0.1) is 0 Å². The van der Waals surface area contributed by atoms with Crippen molar-refractivity contribution in [2.75, 3.05) is 7.11 Å². The molecule has 2 aromatic carbocycles. The summed E-state index contributed by atoms with van der Waals surface area (Å²) in [6.07, 6.45) is 2.52. The van der Waals surface area contributed by atoms with Gasteiger partial charge in [-0.1, -0.05) is 42.5 Å². The molecule has 0 saturated carbocycles. The zero-order valence-corrected chi connectivity index (χ0v) is 12.1. The van der Waals surface area contributed by atoms with Crippen LogP contribution in [0.4, 0.5) is 0 Å². The van der Waals surface area contributed by atoms with E-state index in [1.807, 2.05) is 12.1 Å². The van der Waals surface area contributed by atoms with E-state index >= 15 is 0 Å². The molecular formula is C18H19NO2. The Morgan fingerprint density at radius 2 is 1.52 bits per heavy atom. The van der Waals surface area contributed by atoms with E-state index < -0.39 is 0 Å². The first-order valence-corrected chi connectivity index (χ1v) is 7.49. The summed E-state index contributed by atoms with van der Waals surface area (Å²) in [5.74, 6) is 0.900. The normalized spacial score (nSPS) is 30.5. The Morgan fingerprint density at radius 1 is 0.905 bits per heavy atom. The summed E-state index contributed by atoms with van der Waals surface area (Å²) in [6.45, 7) is 0. The quantitative estimate of drug-likeness (QED) is 0.852. The average Bonchev–Trinajstić information content (AvgIpc) is 3.16. The minimum atomic E-state index is 0.347. The predicted octanol–water partition coefficient (Wildman–Crippen LogP) is 3.89. The lowest BCUT2D eigenvalue weighted by Crippen LogP contribution is -2.26. The van der Waals surface area contributed by atoms with Gasteiger partial charge in [-0.3, -0.25) is 4.84 Å². The SMILES string of the molecule is COc1ccc([C@@H]2C[C@H]3C[C@@H](c4ccccc4)N2O3)cc1. The number of hydrogen-bond donors (Lipinski definition) is 0. The van der Waals surface area contributed by atoms with Crippen molar-refractivity contribution >= 4 is 0 Å². The zero-order valence-electron chi connectivity index (χ0n) is 12.1. The molecule has 2 saturated heterocycles. The van der Waals surface area contributed by atoms with E-state index in [1.165, 1.54) is 11.1 Å². The molecular weight excluding hydrogens is 262 g/mol. The van der Waals surface area contributed by atoms with Gasteiger partial charge in [-0.05, 0) is 36.1 Å². The van der Waals surface area contributed by atoms with E-state index in [0.29, 0.717) is 18.2 Å². The number of ether oxygens (including phenoxy) is 1. The molecule has 2 fully saturated rings. The van der Waals surface area contributed by atoms with E-state index in [-0.39, 0.29) is 0 Å². The number of benzene rings is 2. The molecule has 2 aliphatic rings. The topological polar surface area (TPSA) is 21.7 Å². The summed E-state index contributed by atoms with van der Waals surface area (Å²) >= 11 is 0. The first-order valence-electron chi connectivity index (χ1n) is 7.49. The highest BCUT2D eigenvalue weighted by Gasteiger charge is 2.46. The van der Waals surface area contributed by atoms with Gasteiger partial charge in [0.15, 0.2) is 0 Å². The van der Waals surface area contributed by atoms with Crippen LogP contribution >= 0.6 is 0 Å². The maximum Gasteiger partial charge on any atom is 0.118 e. The van der Waals surface area contributed by atoms with Crippen LogP contribution < -0.4 is 4.74 Å². The Hall–Kier alpha value is -1.84. The van der Waals surface area contributed by atoms with E-state index in [4.69, 9.17) is 9.57 Å². The fourth-order valence-electron chi connectivity index (χ4n) is 3.49. The lowest BCUT2D eigenvalue weighted by molar-refractivity contribution is -0.136. The lowest BCUT2D eigenvalue weighted by atomic mass is 9.90. The molecule has 0 amide bonds. The Morgan fingerprint density at radius 3 is 2.10 bits per heavy atom. The third-order valence-corrected chi connectivity index (χ3v) is 4.54. The van der Waals surface area contributed by atoms with E-state index in [1.54, 1.807) is 7.11 Å². The highest BCUT2D eigenvalue weighted by atomic mass is 16.7. The first-order chi connectivity index (χ1) is 10.3. The second-order valence-electron chi connectivity index (χ2n) is 5.77. The molecule has 0 aromatic heterocycles. The van der Waals surface area contributed by atoms with Crippen molar-refractivity contribution < 1.29 is 9.57 Å². The van der Waals surface area contributed by atoms with Gasteiger partial charge in [-0.25, -0.2) is 0 Å². The van der Waals surface area contributed by atoms with Crippen LogP contribution in [0.3, 0.4) is 0 Å². The Balaban J connectivity index is 1.60. The number of fused-ring (bicyclic) bond motifs is 2. The number of methoxy groups -OCH3 is 1.